The second-order valence-corrected chi connectivity index (χ2v) is 12.8. The largest absolute Gasteiger partial charge is 0.495 e. The Bertz CT molecular complexity index is 2010. The van der Waals surface area contributed by atoms with Gasteiger partial charge in [-0.2, -0.15) is 20.5 Å². The summed E-state index contributed by atoms with van der Waals surface area (Å²) in [5, 5.41) is 22.3. The molecular formula is C36H32Cl4N6O8. The minimum absolute atomic E-state index is 0.211. The summed E-state index contributed by atoms with van der Waals surface area (Å²) >= 11 is 25.5. The van der Waals surface area contributed by atoms with Gasteiger partial charge in [0.15, 0.2) is 11.6 Å². The van der Waals surface area contributed by atoms with Crippen LogP contribution in [0, 0.1) is 0 Å². The molecule has 0 radical (unpaired) electrons. The molecule has 18 heteroatoms. The average Bonchev–Trinajstić information content (AvgIpc) is 3.12. The first-order valence-electron chi connectivity index (χ1n) is 15.6. The van der Waals surface area contributed by atoms with Crippen molar-refractivity contribution in [1.29, 1.82) is 0 Å². The smallest absolute Gasteiger partial charge is 0.258 e. The molecule has 2 amide bonds. The number of halogens is 4. The maximum Gasteiger partial charge on any atom is 0.258 e. The second kappa shape index (κ2) is 18.7. The minimum atomic E-state index is -1.50. The van der Waals surface area contributed by atoms with Crippen LogP contribution in [-0.2, 0) is 19.2 Å². The van der Waals surface area contributed by atoms with E-state index in [1.165, 1.54) is 78.7 Å². The first-order chi connectivity index (χ1) is 25.7. The molecule has 0 bridgehead atoms. The van der Waals surface area contributed by atoms with E-state index in [4.69, 9.17) is 65.4 Å². The topological polar surface area (TPSA) is 179 Å². The van der Waals surface area contributed by atoms with Gasteiger partial charge in [0.25, 0.3) is 11.8 Å². The predicted molar refractivity (Wildman–Crippen MR) is 206 cm³/mol. The van der Waals surface area contributed by atoms with Crippen molar-refractivity contribution < 1.29 is 38.1 Å². The second-order valence-electron chi connectivity index (χ2n) is 11.1. The highest BCUT2D eigenvalue weighted by atomic mass is 35.5. The molecule has 0 spiro atoms. The molecule has 0 saturated carbocycles. The van der Waals surface area contributed by atoms with Gasteiger partial charge in [-0.15, -0.1) is 0 Å². The summed E-state index contributed by atoms with van der Waals surface area (Å²) in [6.07, 6.45) is 0. The number of nitrogens with one attached hydrogen (secondary N) is 2. The predicted octanol–water partition coefficient (Wildman–Crippen LogP) is 9.36. The Hall–Kier alpha value is -5.28. The normalized spacial score (nSPS) is 12.3. The number of ketones is 2. The van der Waals surface area contributed by atoms with Gasteiger partial charge in [-0.1, -0.05) is 58.5 Å². The van der Waals surface area contributed by atoms with Crippen LogP contribution in [-0.4, -0.2) is 63.9 Å². The van der Waals surface area contributed by atoms with Crippen molar-refractivity contribution in [1.82, 2.24) is 0 Å². The van der Waals surface area contributed by atoms with Gasteiger partial charge in [0.1, 0.15) is 23.0 Å². The molecule has 282 valence electrons. The monoisotopic (exact) mass is 816 g/mol. The molecule has 0 aliphatic heterocycles. The van der Waals surface area contributed by atoms with Gasteiger partial charge >= 0.3 is 0 Å². The number of Topliss-reactive ketones (excluding diaryl/α,β-unsaturated/α-hetero) is 2. The average molecular weight is 818 g/mol. The molecule has 4 aromatic rings. The Labute approximate surface area is 329 Å². The van der Waals surface area contributed by atoms with Crippen LogP contribution in [0.4, 0.5) is 22.7 Å². The van der Waals surface area contributed by atoms with Crippen LogP contribution < -0.4 is 29.6 Å². The number of carbonyl (C=O) groups is 4. The van der Waals surface area contributed by atoms with Crippen LogP contribution in [0.5, 0.6) is 23.0 Å². The van der Waals surface area contributed by atoms with Crippen molar-refractivity contribution >= 4 is 92.5 Å². The summed E-state index contributed by atoms with van der Waals surface area (Å²) in [6, 6.07) is 12.2. The maximum absolute atomic E-state index is 13.1. The zero-order valence-corrected chi connectivity index (χ0v) is 32.5. The Morgan fingerprint density at radius 1 is 0.519 bits per heavy atom. The van der Waals surface area contributed by atoms with Crippen LogP contribution >= 0.6 is 46.4 Å². The molecule has 0 aliphatic rings. The third kappa shape index (κ3) is 10.0. The van der Waals surface area contributed by atoms with Gasteiger partial charge in [0.2, 0.25) is 12.1 Å². The van der Waals surface area contributed by atoms with Crippen molar-refractivity contribution in [2.75, 3.05) is 39.1 Å². The SMILES string of the molecule is COc1cc(NC(=O)C(N=Nc2ccc(-c3ccc(N=NC(C(C)=O)C(=O)Nc4cc(OC)c(Cl)cc4OC)cc3Cl)c(Cl)c2)C(C)=O)c(OC)cc1Cl. The van der Waals surface area contributed by atoms with E-state index in [0.29, 0.717) is 11.1 Å². The fraction of sp³-hybridized carbons (Fsp3) is 0.222. The number of amides is 2. The molecule has 0 saturated heterocycles. The van der Waals surface area contributed by atoms with E-state index < -0.39 is 35.5 Å². The highest BCUT2D eigenvalue weighted by Gasteiger charge is 2.26. The van der Waals surface area contributed by atoms with Crippen molar-refractivity contribution in [2.24, 2.45) is 20.5 Å². The molecule has 2 unspecified atom stereocenters. The Morgan fingerprint density at radius 2 is 0.870 bits per heavy atom. The molecular weight excluding hydrogens is 786 g/mol. The molecule has 0 aromatic heterocycles. The van der Waals surface area contributed by atoms with Crippen LogP contribution in [0.1, 0.15) is 13.8 Å². The number of ether oxygens (including phenoxy) is 4. The fourth-order valence-electron chi connectivity index (χ4n) is 4.77. The molecule has 0 heterocycles. The van der Waals surface area contributed by atoms with Crippen LogP contribution in [0.2, 0.25) is 20.1 Å². The number of nitrogens with zero attached hydrogens (tertiary/aromatic N) is 4. The van der Waals surface area contributed by atoms with E-state index in [1.54, 1.807) is 24.3 Å². The van der Waals surface area contributed by atoms with Gasteiger partial charge in [-0.05, 0) is 38.1 Å². The van der Waals surface area contributed by atoms with Crippen molar-refractivity contribution in [3.63, 3.8) is 0 Å². The summed E-state index contributed by atoms with van der Waals surface area (Å²) in [5.41, 5.74) is 1.95. The van der Waals surface area contributed by atoms with Crippen LogP contribution in [0.3, 0.4) is 0 Å². The summed E-state index contributed by atoms with van der Waals surface area (Å²) in [6.45, 7) is 2.41. The molecule has 2 atom stereocenters. The Kier molecular flexibility index (Phi) is 14.3. The highest BCUT2D eigenvalue weighted by molar-refractivity contribution is 6.37. The highest BCUT2D eigenvalue weighted by Crippen LogP contribution is 2.39. The summed E-state index contributed by atoms with van der Waals surface area (Å²) < 4.78 is 21.0. The van der Waals surface area contributed by atoms with Crippen molar-refractivity contribution in [3.05, 3.63) is 80.8 Å². The lowest BCUT2D eigenvalue weighted by molar-refractivity contribution is -0.127. The van der Waals surface area contributed by atoms with Crippen LogP contribution in [0.25, 0.3) is 11.1 Å². The number of carbonyl (C=O) groups excluding carboxylic acids is 4. The first-order valence-corrected chi connectivity index (χ1v) is 17.1. The summed E-state index contributed by atoms with van der Waals surface area (Å²) in [5.74, 6) is -1.62. The molecule has 0 aliphatic carbocycles. The Morgan fingerprint density at radius 3 is 1.17 bits per heavy atom. The zero-order valence-electron chi connectivity index (χ0n) is 29.5. The molecule has 2 N–H and O–H groups in total. The van der Waals surface area contributed by atoms with E-state index in [2.05, 4.69) is 31.1 Å². The fourth-order valence-corrected chi connectivity index (χ4v) is 5.79. The molecule has 0 fully saturated rings. The van der Waals surface area contributed by atoms with E-state index in [9.17, 15) is 19.2 Å². The number of hydrogen-bond acceptors (Lipinski definition) is 12. The van der Waals surface area contributed by atoms with Gasteiger partial charge < -0.3 is 29.6 Å². The van der Waals surface area contributed by atoms with Gasteiger partial charge in [0, 0.05) is 35.4 Å². The first kappa shape index (κ1) is 41.5. The Balaban J connectivity index is 1.50. The third-order valence-electron chi connectivity index (χ3n) is 7.50. The molecule has 4 rings (SSSR count). The van der Waals surface area contributed by atoms with Gasteiger partial charge in [0.05, 0.1) is 71.3 Å². The summed E-state index contributed by atoms with van der Waals surface area (Å²) in [7, 11) is 5.61. The van der Waals surface area contributed by atoms with E-state index in [-0.39, 0.29) is 65.8 Å². The van der Waals surface area contributed by atoms with Crippen LogP contribution in [0.15, 0.2) is 81.1 Å². The molecule has 14 nitrogen and oxygen atoms in total. The number of benzene rings is 4. The van der Waals surface area contributed by atoms with Gasteiger partial charge in [-0.25, -0.2) is 0 Å². The zero-order chi connectivity index (χ0) is 39.7. The quantitative estimate of drug-likeness (QED) is 0.0880. The standard InChI is InChI=1S/C36H32Cl4N6O8/c1-17(47)33(35(49)41-27-15-29(51-3)25(39)13-31(27)53-5)45-43-19-7-9-21(23(37)11-19)22-10-8-20(12-24(22)38)44-46-34(18(2)48)36(50)42-28-16-30(52-4)26(40)14-32(28)54-6/h7-16,33-34H,1-6H3,(H,41,49)(H,42,50). The number of azo groups is 2. The maximum atomic E-state index is 13.1. The number of anilines is 2. The lowest BCUT2D eigenvalue weighted by Crippen LogP contribution is -2.32. The third-order valence-corrected chi connectivity index (χ3v) is 8.72. The number of rotatable bonds is 15. The van der Waals surface area contributed by atoms with Crippen molar-refractivity contribution in [2.45, 2.75) is 25.9 Å². The van der Waals surface area contributed by atoms with Crippen molar-refractivity contribution in [3.8, 4) is 34.1 Å². The minimum Gasteiger partial charge on any atom is -0.495 e. The van der Waals surface area contributed by atoms with E-state index in [1.807, 2.05) is 0 Å². The molecule has 4 aromatic carbocycles. The summed E-state index contributed by atoms with van der Waals surface area (Å²) in [4.78, 5) is 50.9. The lowest BCUT2D eigenvalue weighted by atomic mass is 10.0. The van der Waals surface area contributed by atoms with E-state index >= 15 is 0 Å². The lowest BCUT2D eigenvalue weighted by Gasteiger charge is -2.15. The molecule has 54 heavy (non-hydrogen) atoms. The van der Waals surface area contributed by atoms with E-state index in [0.717, 1.165) is 0 Å². The number of methoxy groups -OCH3 is 4. The van der Waals surface area contributed by atoms with Gasteiger partial charge in [-0.3, -0.25) is 19.2 Å². The number of hydrogen-bond donors (Lipinski definition) is 2.